The highest BCUT2D eigenvalue weighted by atomic mass is 16.5. The van der Waals surface area contributed by atoms with E-state index in [-0.39, 0.29) is 28.7 Å². The molecule has 3 N–H and O–H groups in total. The second kappa shape index (κ2) is 11.9. The molecule has 4 aromatic carbocycles. The van der Waals surface area contributed by atoms with Gasteiger partial charge in [0.15, 0.2) is 16.9 Å². The number of phenolic OH excluding ortho intramolecular Hbond substituents is 3. The number of phenols is 3. The first-order valence-corrected chi connectivity index (χ1v) is 13.0. The van der Waals surface area contributed by atoms with Crippen molar-refractivity contribution in [1.82, 2.24) is 0 Å². The SMILES string of the molecule is COC(=O)CC(c1ccc(OCCc2ccccc2)cc1)c1c(O)c(O)c(O)c2c(=O)cc(-c3ccccc3)oc12. The molecule has 208 valence electrons. The minimum absolute atomic E-state index is 0.0340. The molecule has 0 aliphatic rings. The minimum Gasteiger partial charge on any atom is -0.504 e. The van der Waals surface area contributed by atoms with Crippen molar-refractivity contribution in [1.29, 1.82) is 0 Å². The number of hydrogen-bond acceptors (Lipinski definition) is 8. The van der Waals surface area contributed by atoms with E-state index in [1.54, 1.807) is 48.5 Å². The van der Waals surface area contributed by atoms with Gasteiger partial charge >= 0.3 is 5.97 Å². The fourth-order valence-electron chi connectivity index (χ4n) is 4.81. The van der Waals surface area contributed by atoms with Gasteiger partial charge < -0.3 is 29.2 Å². The highest BCUT2D eigenvalue weighted by Gasteiger charge is 2.31. The molecule has 0 fully saturated rings. The Hall–Kier alpha value is -5.24. The zero-order valence-corrected chi connectivity index (χ0v) is 22.2. The summed E-state index contributed by atoms with van der Waals surface area (Å²) >= 11 is 0. The number of aromatic hydroxyl groups is 3. The number of esters is 1. The number of fused-ring (bicyclic) bond motifs is 1. The summed E-state index contributed by atoms with van der Waals surface area (Å²) < 4.78 is 16.9. The van der Waals surface area contributed by atoms with Crippen LogP contribution < -0.4 is 10.2 Å². The molecule has 0 aliphatic heterocycles. The largest absolute Gasteiger partial charge is 0.504 e. The van der Waals surface area contributed by atoms with Crippen molar-refractivity contribution < 1.29 is 34.0 Å². The van der Waals surface area contributed by atoms with E-state index in [0.29, 0.717) is 23.5 Å². The summed E-state index contributed by atoms with van der Waals surface area (Å²) in [5.41, 5.74) is 1.48. The Kier molecular flexibility index (Phi) is 7.92. The Morgan fingerprint density at radius 3 is 2.17 bits per heavy atom. The predicted molar refractivity (Wildman–Crippen MR) is 153 cm³/mol. The van der Waals surface area contributed by atoms with Gasteiger partial charge in [0.2, 0.25) is 5.75 Å². The van der Waals surface area contributed by atoms with Crippen LogP contribution in [0.1, 0.15) is 29.0 Å². The number of carbonyl (C=O) groups excluding carboxylic acids is 1. The summed E-state index contributed by atoms with van der Waals surface area (Å²) in [7, 11) is 1.24. The van der Waals surface area contributed by atoms with Crippen molar-refractivity contribution in [2.45, 2.75) is 18.8 Å². The molecule has 0 radical (unpaired) electrons. The van der Waals surface area contributed by atoms with Crippen molar-refractivity contribution in [2.24, 2.45) is 0 Å². The maximum atomic E-state index is 13.2. The number of rotatable bonds is 9. The van der Waals surface area contributed by atoms with Crippen molar-refractivity contribution in [3.05, 3.63) is 118 Å². The molecule has 8 heteroatoms. The van der Waals surface area contributed by atoms with E-state index in [4.69, 9.17) is 13.9 Å². The quantitative estimate of drug-likeness (QED) is 0.153. The molecule has 5 aromatic rings. The number of carbonyl (C=O) groups is 1. The topological polar surface area (TPSA) is 126 Å². The van der Waals surface area contributed by atoms with Gasteiger partial charge in [-0.05, 0) is 23.3 Å². The molecule has 0 saturated carbocycles. The van der Waals surface area contributed by atoms with Gasteiger partial charge in [-0.25, -0.2) is 0 Å². The van der Waals surface area contributed by atoms with Gasteiger partial charge in [0.25, 0.3) is 0 Å². The van der Waals surface area contributed by atoms with Gasteiger partial charge in [-0.2, -0.15) is 0 Å². The first-order valence-electron chi connectivity index (χ1n) is 13.0. The molecule has 1 unspecified atom stereocenters. The molecular formula is C33H28O8. The lowest BCUT2D eigenvalue weighted by Crippen LogP contribution is -2.12. The second-order valence-corrected chi connectivity index (χ2v) is 9.49. The normalized spacial score (nSPS) is 11.7. The van der Waals surface area contributed by atoms with Crippen molar-refractivity contribution in [3.8, 4) is 34.3 Å². The number of hydrogen-bond donors (Lipinski definition) is 3. The van der Waals surface area contributed by atoms with Crippen molar-refractivity contribution >= 4 is 16.9 Å². The van der Waals surface area contributed by atoms with E-state index in [1.165, 1.54) is 13.2 Å². The van der Waals surface area contributed by atoms with Crippen molar-refractivity contribution in [2.75, 3.05) is 13.7 Å². The molecule has 1 atom stereocenters. The molecular weight excluding hydrogens is 524 g/mol. The minimum atomic E-state index is -0.913. The third-order valence-corrected chi connectivity index (χ3v) is 6.92. The summed E-state index contributed by atoms with van der Waals surface area (Å²) in [6.07, 6.45) is 0.472. The molecule has 0 bridgehead atoms. The van der Waals surface area contributed by atoms with Gasteiger partial charge in [-0.15, -0.1) is 0 Å². The Morgan fingerprint density at radius 2 is 1.51 bits per heavy atom. The zero-order chi connectivity index (χ0) is 28.9. The molecule has 1 aromatic heterocycles. The van der Waals surface area contributed by atoms with Crippen molar-refractivity contribution in [3.63, 3.8) is 0 Å². The zero-order valence-electron chi connectivity index (χ0n) is 22.2. The molecule has 0 amide bonds. The summed E-state index contributed by atoms with van der Waals surface area (Å²) in [5, 5.41) is 32.0. The average molecular weight is 553 g/mol. The summed E-state index contributed by atoms with van der Waals surface area (Å²) in [5.74, 6) is -3.13. The van der Waals surface area contributed by atoms with Crippen LogP contribution in [0.4, 0.5) is 0 Å². The fourth-order valence-corrected chi connectivity index (χ4v) is 4.81. The maximum absolute atomic E-state index is 13.2. The van der Waals surface area contributed by atoms with Gasteiger partial charge in [0, 0.05) is 29.5 Å². The first kappa shape index (κ1) is 27.3. The average Bonchev–Trinajstić information content (AvgIpc) is 3.00. The monoisotopic (exact) mass is 552 g/mol. The van der Waals surface area contributed by atoms with Crippen LogP contribution >= 0.6 is 0 Å². The van der Waals surface area contributed by atoms with Gasteiger partial charge in [-0.3, -0.25) is 9.59 Å². The van der Waals surface area contributed by atoms with E-state index in [2.05, 4.69) is 0 Å². The van der Waals surface area contributed by atoms with Crippen LogP contribution in [0.15, 0.2) is 100 Å². The Morgan fingerprint density at radius 1 is 0.854 bits per heavy atom. The third kappa shape index (κ3) is 5.72. The molecule has 0 spiro atoms. The molecule has 41 heavy (non-hydrogen) atoms. The fraction of sp³-hybridized carbons (Fsp3) is 0.152. The molecule has 0 aliphatic carbocycles. The van der Waals surface area contributed by atoms with Gasteiger partial charge in [0.05, 0.1) is 20.1 Å². The first-order chi connectivity index (χ1) is 19.9. The Bertz CT molecular complexity index is 1730. The number of benzene rings is 4. The van der Waals surface area contributed by atoms with Gasteiger partial charge in [-0.1, -0.05) is 72.8 Å². The van der Waals surface area contributed by atoms with E-state index < -0.39 is 34.6 Å². The lowest BCUT2D eigenvalue weighted by atomic mass is 9.86. The summed E-state index contributed by atoms with van der Waals surface area (Å²) in [6, 6.07) is 26.9. The van der Waals surface area contributed by atoms with Crippen LogP contribution in [0, 0.1) is 0 Å². The van der Waals surface area contributed by atoms with Crippen LogP contribution in [-0.2, 0) is 16.0 Å². The highest BCUT2D eigenvalue weighted by molar-refractivity contribution is 5.93. The van der Waals surface area contributed by atoms with Crippen LogP contribution in [0.2, 0.25) is 0 Å². The lowest BCUT2D eigenvalue weighted by molar-refractivity contribution is -0.140. The van der Waals surface area contributed by atoms with Crippen LogP contribution in [-0.4, -0.2) is 35.0 Å². The molecule has 1 heterocycles. The summed E-state index contributed by atoms with van der Waals surface area (Å²) in [4.78, 5) is 25.7. The standard InChI is InChI=1S/C33H28O8/c1-39-27(35)18-24(21-12-14-23(15-13-21)40-17-16-20-8-4-2-5-9-20)28-30(36)32(38)31(37)29-25(34)19-26(41-33(28)29)22-10-6-3-7-11-22/h2-15,19,24,36-38H,16-18H2,1H3. The Labute approximate surface area is 235 Å². The second-order valence-electron chi connectivity index (χ2n) is 9.49. The lowest BCUT2D eigenvalue weighted by Gasteiger charge is -2.21. The number of ether oxygens (including phenoxy) is 2. The van der Waals surface area contributed by atoms with Crippen LogP contribution in [0.5, 0.6) is 23.0 Å². The highest BCUT2D eigenvalue weighted by Crippen LogP contribution is 2.49. The maximum Gasteiger partial charge on any atom is 0.306 e. The summed E-state index contributed by atoms with van der Waals surface area (Å²) in [6.45, 7) is 0.458. The molecule has 0 saturated heterocycles. The van der Waals surface area contributed by atoms with Crippen LogP contribution in [0.3, 0.4) is 0 Å². The third-order valence-electron chi connectivity index (χ3n) is 6.92. The van der Waals surface area contributed by atoms with E-state index in [1.807, 2.05) is 36.4 Å². The molecule has 5 rings (SSSR count). The van der Waals surface area contributed by atoms with E-state index in [9.17, 15) is 24.9 Å². The Balaban J connectivity index is 1.58. The smallest absolute Gasteiger partial charge is 0.306 e. The van der Waals surface area contributed by atoms with Gasteiger partial charge in [0.1, 0.15) is 22.5 Å². The number of methoxy groups -OCH3 is 1. The molecule has 8 nitrogen and oxygen atoms in total. The predicted octanol–water partition coefficient (Wildman–Crippen LogP) is 5.89. The van der Waals surface area contributed by atoms with E-state index >= 15 is 0 Å². The van der Waals surface area contributed by atoms with Crippen LogP contribution in [0.25, 0.3) is 22.3 Å². The van der Waals surface area contributed by atoms with E-state index in [0.717, 1.165) is 12.0 Å².